The average molecular weight is 312 g/mol. The SMILES string of the molecule is CC(NCc1ncc(Cl)s1)c1nnc2n1CCCCC2. The summed E-state index contributed by atoms with van der Waals surface area (Å²) < 4.78 is 3.00. The Bertz CT molecular complexity index is 579. The van der Waals surface area contributed by atoms with Gasteiger partial charge in [-0.15, -0.1) is 21.5 Å². The smallest absolute Gasteiger partial charge is 0.149 e. The molecule has 1 atom stereocenters. The molecule has 2 aromatic rings. The topological polar surface area (TPSA) is 55.6 Å². The van der Waals surface area contributed by atoms with Gasteiger partial charge in [0.05, 0.1) is 12.2 Å². The van der Waals surface area contributed by atoms with Gasteiger partial charge >= 0.3 is 0 Å². The van der Waals surface area contributed by atoms with E-state index in [1.807, 2.05) is 0 Å². The van der Waals surface area contributed by atoms with Crippen LogP contribution in [0.25, 0.3) is 0 Å². The summed E-state index contributed by atoms with van der Waals surface area (Å²) in [4.78, 5) is 4.25. The minimum atomic E-state index is 0.164. The second-order valence-corrected chi connectivity index (χ2v) is 6.84. The number of halogens is 1. The first-order valence-corrected chi connectivity index (χ1v) is 8.19. The third-order valence-electron chi connectivity index (χ3n) is 3.61. The van der Waals surface area contributed by atoms with E-state index in [0.717, 1.165) is 34.0 Å². The predicted octanol–water partition coefficient (Wildman–Crippen LogP) is 2.97. The summed E-state index contributed by atoms with van der Waals surface area (Å²) in [5.41, 5.74) is 0. The van der Waals surface area contributed by atoms with Crippen molar-refractivity contribution in [2.24, 2.45) is 0 Å². The molecule has 1 N–H and O–H groups in total. The number of nitrogens with zero attached hydrogens (tertiary/aromatic N) is 4. The van der Waals surface area contributed by atoms with Gasteiger partial charge in [-0.1, -0.05) is 18.0 Å². The van der Waals surface area contributed by atoms with Crippen molar-refractivity contribution in [3.05, 3.63) is 27.2 Å². The Morgan fingerprint density at radius 2 is 2.30 bits per heavy atom. The number of hydrogen-bond acceptors (Lipinski definition) is 5. The maximum absolute atomic E-state index is 5.89. The van der Waals surface area contributed by atoms with Crippen molar-refractivity contribution < 1.29 is 0 Å². The molecule has 5 nitrogen and oxygen atoms in total. The predicted molar refractivity (Wildman–Crippen MR) is 80.0 cm³/mol. The minimum absolute atomic E-state index is 0.164. The standard InChI is InChI=1S/C13H18ClN5S/c1-9(15-8-12-16-7-10(14)20-12)13-18-17-11-5-3-2-4-6-19(11)13/h7,9,15H,2-6,8H2,1H3. The van der Waals surface area contributed by atoms with Gasteiger partial charge in [-0.25, -0.2) is 4.98 Å². The number of aryl methyl sites for hydroxylation is 1. The molecule has 0 radical (unpaired) electrons. The summed E-state index contributed by atoms with van der Waals surface area (Å²) in [7, 11) is 0. The van der Waals surface area contributed by atoms with E-state index in [9.17, 15) is 0 Å². The summed E-state index contributed by atoms with van der Waals surface area (Å²) in [5.74, 6) is 2.16. The molecular formula is C13H18ClN5S. The molecule has 2 aromatic heterocycles. The monoisotopic (exact) mass is 311 g/mol. The van der Waals surface area contributed by atoms with Crippen LogP contribution in [0.5, 0.6) is 0 Å². The molecule has 0 saturated carbocycles. The zero-order chi connectivity index (χ0) is 13.9. The number of aromatic nitrogens is 4. The second kappa shape index (κ2) is 6.20. The second-order valence-electron chi connectivity index (χ2n) is 5.10. The Morgan fingerprint density at radius 3 is 3.10 bits per heavy atom. The van der Waals surface area contributed by atoms with Gasteiger partial charge < -0.3 is 9.88 Å². The highest BCUT2D eigenvalue weighted by Gasteiger charge is 2.19. The van der Waals surface area contributed by atoms with Crippen LogP contribution in [-0.2, 0) is 19.5 Å². The molecule has 0 spiro atoms. The Hall–Kier alpha value is -0.980. The largest absolute Gasteiger partial charge is 0.314 e. The molecule has 20 heavy (non-hydrogen) atoms. The highest BCUT2D eigenvalue weighted by Crippen LogP contribution is 2.21. The number of rotatable bonds is 4. The average Bonchev–Trinajstić information content (AvgIpc) is 2.96. The van der Waals surface area contributed by atoms with Gasteiger partial charge in [0, 0.05) is 19.5 Å². The molecule has 0 amide bonds. The molecule has 0 aromatic carbocycles. The van der Waals surface area contributed by atoms with E-state index in [1.54, 1.807) is 6.20 Å². The lowest BCUT2D eigenvalue weighted by molar-refractivity contribution is 0.501. The molecule has 7 heteroatoms. The van der Waals surface area contributed by atoms with Crippen LogP contribution in [0, 0.1) is 0 Å². The van der Waals surface area contributed by atoms with E-state index in [1.165, 1.54) is 30.6 Å². The van der Waals surface area contributed by atoms with E-state index < -0.39 is 0 Å². The number of nitrogens with one attached hydrogen (secondary N) is 1. The third kappa shape index (κ3) is 3.02. The molecule has 1 aliphatic heterocycles. The summed E-state index contributed by atoms with van der Waals surface area (Å²) in [6.07, 6.45) is 6.45. The molecule has 0 saturated heterocycles. The Morgan fingerprint density at radius 1 is 1.40 bits per heavy atom. The molecule has 108 valence electrons. The summed E-state index contributed by atoms with van der Waals surface area (Å²) in [6, 6.07) is 0.164. The molecular weight excluding hydrogens is 294 g/mol. The first-order chi connectivity index (χ1) is 9.74. The van der Waals surface area contributed by atoms with Crippen molar-refractivity contribution in [1.82, 2.24) is 25.1 Å². The highest BCUT2D eigenvalue weighted by molar-refractivity contribution is 7.15. The van der Waals surface area contributed by atoms with E-state index in [0.29, 0.717) is 6.54 Å². The van der Waals surface area contributed by atoms with Gasteiger partial charge in [0.2, 0.25) is 0 Å². The quantitative estimate of drug-likeness (QED) is 0.943. The zero-order valence-electron chi connectivity index (χ0n) is 11.5. The fourth-order valence-corrected chi connectivity index (χ4v) is 3.44. The van der Waals surface area contributed by atoms with Crippen LogP contribution < -0.4 is 5.32 Å². The Balaban J connectivity index is 1.68. The molecule has 1 unspecified atom stereocenters. The first kappa shape index (κ1) is 14.0. The van der Waals surface area contributed by atoms with Gasteiger partial charge in [-0.05, 0) is 19.8 Å². The summed E-state index contributed by atoms with van der Waals surface area (Å²) in [6.45, 7) is 3.87. The van der Waals surface area contributed by atoms with Crippen LogP contribution in [-0.4, -0.2) is 19.7 Å². The molecule has 3 rings (SSSR count). The van der Waals surface area contributed by atoms with Gasteiger partial charge in [0.15, 0.2) is 0 Å². The molecule has 3 heterocycles. The van der Waals surface area contributed by atoms with Crippen LogP contribution in [0.3, 0.4) is 0 Å². The van der Waals surface area contributed by atoms with Crippen molar-refractivity contribution in [3.8, 4) is 0 Å². The van der Waals surface area contributed by atoms with Crippen LogP contribution in [0.1, 0.15) is 48.9 Å². The van der Waals surface area contributed by atoms with Crippen molar-refractivity contribution >= 4 is 22.9 Å². The summed E-state index contributed by atoms with van der Waals surface area (Å²) >= 11 is 7.40. The normalized spacial score (nSPS) is 16.7. The van der Waals surface area contributed by atoms with E-state index in [2.05, 4.69) is 32.0 Å². The Labute approximate surface area is 127 Å². The van der Waals surface area contributed by atoms with E-state index in [4.69, 9.17) is 11.6 Å². The van der Waals surface area contributed by atoms with Gasteiger partial charge in [-0.3, -0.25) is 0 Å². The van der Waals surface area contributed by atoms with Crippen LogP contribution >= 0.6 is 22.9 Å². The lowest BCUT2D eigenvalue weighted by atomic mass is 10.2. The molecule has 0 bridgehead atoms. The zero-order valence-corrected chi connectivity index (χ0v) is 13.0. The van der Waals surface area contributed by atoms with Gasteiger partial charge in [0.1, 0.15) is 21.0 Å². The highest BCUT2D eigenvalue weighted by atomic mass is 35.5. The number of fused-ring (bicyclic) bond motifs is 1. The van der Waals surface area contributed by atoms with Gasteiger partial charge in [0.25, 0.3) is 0 Å². The van der Waals surface area contributed by atoms with Crippen molar-refractivity contribution in [3.63, 3.8) is 0 Å². The van der Waals surface area contributed by atoms with Crippen LogP contribution in [0.4, 0.5) is 0 Å². The minimum Gasteiger partial charge on any atom is -0.314 e. The fourth-order valence-electron chi connectivity index (χ4n) is 2.53. The van der Waals surface area contributed by atoms with Crippen molar-refractivity contribution in [2.45, 2.75) is 51.7 Å². The molecule has 0 fully saturated rings. The first-order valence-electron chi connectivity index (χ1n) is 6.99. The molecule has 0 aliphatic carbocycles. The van der Waals surface area contributed by atoms with Crippen molar-refractivity contribution in [1.29, 1.82) is 0 Å². The Kier molecular flexibility index (Phi) is 4.33. The maximum atomic E-state index is 5.89. The fraction of sp³-hybridized carbons (Fsp3) is 0.615. The lowest BCUT2D eigenvalue weighted by Crippen LogP contribution is -2.22. The number of hydrogen-bond donors (Lipinski definition) is 1. The molecule has 1 aliphatic rings. The van der Waals surface area contributed by atoms with E-state index in [-0.39, 0.29) is 6.04 Å². The maximum Gasteiger partial charge on any atom is 0.149 e. The van der Waals surface area contributed by atoms with Gasteiger partial charge in [-0.2, -0.15) is 0 Å². The lowest BCUT2D eigenvalue weighted by Gasteiger charge is -2.14. The van der Waals surface area contributed by atoms with Crippen LogP contribution in [0.15, 0.2) is 6.20 Å². The third-order valence-corrected chi connectivity index (χ3v) is 4.73. The summed E-state index contributed by atoms with van der Waals surface area (Å²) in [5, 5.41) is 13.1. The van der Waals surface area contributed by atoms with E-state index >= 15 is 0 Å². The van der Waals surface area contributed by atoms with Crippen molar-refractivity contribution in [2.75, 3.05) is 0 Å². The van der Waals surface area contributed by atoms with Crippen LogP contribution in [0.2, 0.25) is 4.34 Å². The number of thiazole rings is 1.